The average molecular weight is 499 g/mol. The second-order valence-electron chi connectivity index (χ2n) is 9.38. The van der Waals surface area contributed by atoms with Crippen molar-refractivity contribution in [1.29, 1.82) is 0 Å². The molecule has 0 unspecified atom stereocenters. The molecule has 5 rings (SSSR count). The molecule has 0 saturated carbocycles. The van der Waals surface area contributed by atoms with E-state index in [2.05, 4.69) is 36.1 Å². The van der Waals surface area contributed by atoms with E-state index in [1.165, 1.54) is 40.2 Å². The SMILES string of the molecule is COc1c(C(=O)O)cnn1-c1cccc(-c2cccc(C)c2OCc2ccc3c(c2C)CCN(C)C3)n1. The number of ether oxygens (including phenoxy) is 2. The van der Waals surface area contributed by atoms with Crippen LogP contribution in [0.2, 0.25) is 0 Å². The van der Waals surface area contributed by atoms with E-state index in [1.807, 2.05) is 37.3 Å². The molecule has 0 saturated heterocycles. The first-order chi connectivity index (χ1) is 17.9. The minimum atomic E-state index is -1.11. The van der Waals surface area contributed by atoms with Crippen molar-refractivity contribution >= 4 is 5.97 Å². The van der Waals surface area contributed by atoms with E-state index in [0.29, 0.717) is 18.1 Å². The van der Waals surface area contributed by atoms with Crippen molar-refractivity contribution in [3.05, 3.63) is 88.1 Å². The molecule has 190 valence electrons. The topological polar surface area (TPSA) is 89.7 Å². The molecule has 8 heteroatoms. The Morgan fingerprint density at radius 2 is 1.92 bits per heavy atom. The number of nitrogens with zero attached hydrogens (tertiary/aromatic N) is 4. The van der Waals surface area contributed by atoms with Crippen LogP contribution >= 0.6 is 0 Å². The van der Waals surface area contributed by atoms with Gasteiger partial charge in [-0.3, -0.25) is 0 Å². The van der Waals surface area contributed by atoms with Gasteiger partial charge in [0.25, 0.3) is 0 Å². The van der Waals surface area contributed by atoms with Crippen molar-refractivity contribution in [3.8, 4) is 28.7 Å². The summed E-state index contributed by atoms with van der Waals surface area (Å²) in [6.45, 7) is 6.72. The van der Waals surface area contributed by atoms with Gasteiger partial charge in [-0.05, 0) is 73.3 Å². The number of aromatic carboxylic acids is 1. The molecule has 4 aromatic rings. The molecule has 8 nitrogen and oxygen atoms in total. The fraction of sp³-hybridized carbons (Fsp3) is 0.276. The van der Waals surface area contributed by atoms with Gasteiger partial charge in [-0.1, -0.05) is 30.3 Å². The first-order valence-corrected chi connectivity index (χ1v) is 12.2. The normalized spacial score (nSPS) is 13.3. The maximum absolute atomic E-state index is 11.5. The fourth-order valence-electron chi connectivity index (χ4n) is 4.92. The van der Waals surface area contributed by atoms with E-state index in [9.17, 15) is 9.90 Å². The highest BCUT2D eigenvalue weighted by molar-refractivity contribution is 5.90. The number of aryl methyl sites for hydroxylation is 1. The first kappa shape index (κ1) is 24.5. The van der Waals surface area contributed by atoms with Gasteiger partial charge in [0.1, 0.15) is 17.9 Å². The predicted molar refractivity (Wildman–Crippen MR) is 141 cm³/mol. The number of benzene rings is 2. The Balaban J connectivity index is 1.47. The molecular weight excluding hydrogens is 468 g/mol. The first-order valence-electron chi connectivity index (χ1n) is 12.2. The summed E-state index contributed by atoms with van der Waals surface area (Å²) in [7, 11) is 3.57. The molecule has 1 aliphatic heterocycles. The third-order valence-electron chi connectivity index (χ3n) is 6.95. The van der Waals surface area contributed by atoms with Crippen LogP contribution in [0, 0.1) is 13.8 Å². The minimum absolute atomic E-state index is 0.0265. The van der Waals surface area contributed by atoms with Gasteiger partial charge in [-0.2, -0.15) is 9.78 Å². The molecule has 0 atom stereocenters. The number of para-hydroxylation sites is 1. The minimum Gasteiger partial charge on any atom is -0.488 e. The quantitative estimate of drug-likeness (QED) is 0.391. The van der Waals surface area contributed by atoms with E-state index in [1.54, 1.807) is 6.07 Å². The molecule has 3 heterocycles. The molecule has 0 radical (unpaired) electrons. The van der Waals surface area contributed by atoms with E-state index >= 15 is 0 Å². The number of fused-ring (bicyclic) bond motifs is 1. The number of carboxylic acid groups (broad SMARTS) is 1. The van der Waals surface area contributed by atoms with Gasteiger partial charge >= 0.3 is 5.97 Å². The van der Waals surface area contributed by atoms with Crippen molar-refractivity contribution in [2.45, 2.75) is 33.4 Å². The third kappa shape index (κ3) is 4.68. The molecule has 0 fully saturated rings. The zero-order valence-corrected chi connectivity index (χ0v) is 21.5. The molecule has 0 spiro atoms. The van der Waals surface area contributed by atoms with E-state index in [0.717, 1.165) is 36.4 Å². The molecule has 1 N–H and O–H groups in total. The Hall–Kier alpha value is -4.17. The second kappa shape index (κ2) is 10.1. The molecule has 1 aliphatic rings. The van der Waals surface area contributed by atoms with Crippen molar-refractivity contribution in [3.63, 3.8) is 0 Å². The van der Waals surface area contributed by atoms with Crippen molar-refractivity contribution in [2.75, 3.05) is 20.7 Å². The van der Waals surface area contributed by atoms with Gasteiger partial charge in [0.15, 0.2) is 5.82 Å². The summed E-state index contributed by atoms with van der Waals surface area (Å²) in [6.07, 6.45) is 2.31. The van der Waals surface area contributed by atoms with Crippen LogP contribution in [0.15, 0.2) is 54.7 Å². The number of carbonyl (C=O) groups is 1. The van der Waals surface area contributed by atoms with Gasteiger partial charge in [0, 0.05) is 18.7 Å². The summed E-state index contributed by atoms with van der Waals surface area (Å²) in [5.41, 5.74) is 7.84. The summed E-state index contributed by atoms with van der Waals surface area (Å²) in [6, 6.07) is 15.9. The number of hydrogen-bond donors (Lipinski definition) is 1. The molecule has 2 aromatic heterocycles. The highest BCUT2D eigenvalue weighted by Crippen LogP contribution is 2.34. The largest absolute Gasteiger partial charge is 0.488 e. The van der Waals surface area contributed by atoms with Gasteiger partial charge in [-0.15, -0.1) is 0 Å². The molecule has 0 bridgehead atoms. The van der Waals surface area contributed by atoms with Crippen molar-refractivity contribution < 1.29 is 19.4 Å². The number of hydrogen-bond acceptors (Lipinski definition) is 6. The Morgan fingerprint density at radius 1 is 1.11 bits per heavy atom. The molecule has 0 aliphatic carbocycles. The van der Waals surface area contributed by atoms with E-state index in [-0.39, 0.29) is 11.4 Å². The Kier molecular flexibility index (Phi) is 6.67. The molecule has 2 aromatic carbocycles. The van der Waals surface area contributed by atoms with Crippen LogP contribution in [0.4, 0.5) is 0 Å². The number of carboxylic acids is 1. The number of rotatable bonds is 7. The van der Waals surface area contributed by atoms with Crippen LogP contribution < -0.4 is 9.47 Å². The van der Waals surface area contributed by atoms with Crippen LogP contribution in [-0.4, -0.2) is 51.4 Å². The molecule has 0 amide bonds. The number of likely N-dealkylation sites (N-methyl/N-ethyl adjacent to an activating group) is 1. The summed E-state index contributed by atoms with van der Waals surface area (Å²) in [4.78, 5) is 18.7. The maximum Gasteiger partial charge on any atom is 0.342 e. The lowest BCUT2D eigenvalue weighted by Gasteiger charge is -2.27. The van der Waals surface area contributed by atoms with Gasteiger partial charge in [0.05, 0.1) is 19.0 Å². The zero-order chi connectivity index (χ0) is 26.1. The lowest BCUT2D eigenvalue weighted by molar-refractivity contribution is 0.0693. The lowest BCUT2D eigenvalue weighted by atomic mass is 9.92. The van der Waals surface area contributed by atoms with Crippen LogP contribution in [0.1, 0.15) is 38.2 Å². The summed E-state index contributed by atoms with van der Waals surface area (Å²) >= 11 is 0. The summed E-state index contributed by atoms with van der Waals surface area (Å²) < 4.78 is 13.2. The Labute approximate surface area is 216 Å². The van der Waals surface area contributed by atoms with Crippen LogP contribution in [0.5, 0.6) is 11.6 Å². The van der Waals surface area contributed by atoms with Crippen LogP contribution in [0.25, 0.3) is 17.1 Å². The molecular formula is C29H30N4O4. The predicted octanol–water partition coefficient (Wildman–Crippen LogP) is 4.82. The van der Waals surface area contributed by atoms with E-state index < -0.39 is 5.97 Å². The van der Waals surface area contributed by atoms with Crippen molar-refractivity contribution in [2.24, 2.45) is 0 Å². The second-order valence-corrected chi connectivity index (χ2v) is 9.38. The lowest BCUT2D eigenvalue weighted by Crippen LogP contribution is -2.27. The highest BCUT2D eigenvalue weighted by Gasteiger charge is 2.21. The van der Waals surface area contributed by atoms with Gasteiger partial charge in [0.2, 0.25) is 5.88 Å². The summed E-state index contributed by atoms with van der Waals surface area (Å²) in [5, 5.41) is 13.6. The highest BCUT2D eigenvalue weighted by atomic mass is 16.5. The number of methoxy groups -OCH3 is 1. The number of aromatic nitrogens is 3. The van der Waals surface area contributed by atoms with Crippen LogP contribution in [-0.2, 0) is 19.6 Å². The number of pyridine rings is 1. The zero-order valence-electron chi connectivity index (χ0n) is 21.5. The van der Waals surface area contributed by atoms with Gasteiger partial charge < -0.3 is 19.5 Å². The fourth-order valence-corrected chi connectivity index (χ4v) is 4.92. The summed E-state index contributed by atoms with van der Waals surface area (Å²) in [5.74, 6) is 0.220. The van der Waals surface area contributed by atoms with E-state index in [4.69, 9.17) is 14.5 Å². The Bertz CT molecular complexity index is 1480. The van der Waals surface area contributed by atoms with Crippen LogP contribution in [0.3, 0.4) is 0 Å². The molecule has 37 heavy (non-hydrogen) atoms. The van der Waals surface area contributed by atoms with Crippen molar-refractivity contribution in [1.82, 2.24) is 19.7 Å². The van der Waals surface area contributed by atoms with Gasteiger partial charge in [-0.25, -0.2) is 9.78 Å². The monoisotopic (exact) mass is 498 g/mol. The third-order valence-corrected chi connectivity index (χ3v) is 6.95. The average Bonchev–Trinajstić information content (AvgIpc) is 3.33. The Morgan fingerprint density at radius 3 is 2.70 bits per heavy atom. The standard InChI is InChI=1S/C29H30N4O4/c1-18-7-5-8-23(25-9-6-10-26(31-25)33-28(36-4)24(15-30-33)29(34)35)27(18)37-17-21-12-11-20-16-32(3)14-13-22(20)19(21)2/h5-12,15H,13-14,16-17H2,1-4H3,(H,34,35). The maximum atomic E-state index is 11.5. The smallest absolute Gasteiger partial charge is 0.342 e.